The maximum atomic E-state index is 13.3. The molecule has 0 aliphatic heterocycles. The Hall–Kier alpha value is -1.89. The average Bonchev–Trinajstić information content (AvgIpc) is 2.80. The SMILES string of the molecule is CC[C@@H](C)NC(=O)[C@@H](CC)N(Cc1ccc(Cl)cc1Cl)C(=O)CSCc1ccc(OC)cc1. The van der Waals surface area contributed by atoms with Crippen LogP contribution >= 0.6 is 35.0 Å². The summed E-state index contributed by atoms with van der Waals surface area (Å²) < 4.78 is 5.19. The highest BCUT2D eigenvalue weighted by molar-refractivity contribution is 7.99. The van der Waals surface area contributed by atoms with Crippen molar-refractivity contribution < 1.29 is 14.3 Å². The van der Waals surface area contributed by atoms with E-state index in [1.807, 2.05) is 45.0 Å². The Morgan fingerprint density at radius 2 is 1.79 bits per heavy atom. The Morgan fingerprint density at radius 1 is 1.09 bits per heavy atom. The van der Waals surface area contributed by atoms with Gasteiger partial charge in [0.2, 0.25) is 11.8 Å². The van der Waals surface area contributed by atoms with E-state index in [2.05, 4.69) is 5.32 Å². The number of rotatable bonds is 12. The third-order valence-corrected chi connectivity index (χ3v) is 6.97. The predicted octanol–water partition coefficient (Wildman–Crippen LogP) is 5.96. The third-order valence-electron chi connectivity index (χ3n) is 5.40. The lowest BCUT2D eigenvalue weighted by Crippen LogP contribution is -2.51. The van der Waals surface area contributed by atoms with Crippen LogP contribution in [-0.2, 0) is 21.9 Å². The van der Waals surface area contributed by atoms with Gasteiger partial charge in [-0.25, -0.2) is 0 Å². The molecule has 2 rings (SSSR count). The van der Waals surface area contributed by atoms with Gasteiger partial charge < -0.3 is 15.0 Å². The Balaban J connectivity index is 2.16. The van der Waals surface area contributed by atoms with Crippen LogP contribution in [0.2, 0.25) is 10.0 Å². The lowest BCUT2D eigenvalue weighted by molar-refractivity contribution is -0.139. The standard InChI is InChI=1S/C25H32Cl2N2O3S/c1-5-17(3)28-25(31)23(6-2)29(14-19-9-10-20(26)13-22(19)27)24(30)16-33-15-18-7-11-21(32-4)12-8-18/h7-13,17,23H,5-6,14-16H2,1-4H3,(H,28,31)/t17-,23-/m1/s1. The molecule has 2 atom stereocenters. The van der Waals surface area contributed by atoms with Crippen LogP contribution in [0.25, 0.3) is 0 Å². The van der Waals surface area contributed by atoms with Crippen molar-refractivity contribution in [1.29, 1.82) is 0 Å². The van der Waals surface area contributed by atoms with E-state index in [-0.39, 0.29) is 30.2 Å². The lowest BCUT2D eigenvalue weighted by atomic mass is 10.1. The fourth-order valence-electron chi connectivity index (χ4n) is 3.25. The molecule has 180 valence electrons. The molecular weight excluding hydrogens is 479 g/mol. The van der Waals surface area contributed by atoms with Gasteiger partial charge in [0.25, 0.3) is 0 Å². The van der Waals surface area contributed by atoms with Gasteiger partial charge in [-0.1, -0.05) is 55.2 Å². The molecule has 1 N–H and O–H groups in total. The van der Waals surface area contributed by atoms with E-state index >= 15 is 0 Å². The van der Waals surface area contributed by atoms with Crippen LogP contribution in [0.3, 0.4) is 0 Å². The quantitative estimate of drug-likeness (QED) is 0.382. The first-order valence-corrected chi connectivity index (χ1v) is 12.9. The lowest BCUT2D eigenvalue weighted by Gasteiger charge is -2.31. The first-order valence-electron chi connectivity index (χ1n) is 11.0. The number of ether oxygens (including phenoxy) is 1. The Labute approximate surface area is 211 Å². The Morgan fingerprint density at radius 3 is 2.36 bits per heavy atom. The summed E-state index contributed by atoms with van der Waals surface area (Å²) in [7, 11) is 1.63. The molecule has 0 aliphatic rings. The van der Waals surface area contributed by atoms with Gasteiger partial charge >= 0.3 is 0 Å². The van der Waals surface area contributed by atoms with E-state index in [1.165, 1.54) is 11.8 Å². The molecule has 0 saturated carbocycles. The molecule has 8 heteroatoms. The number of methoxy groups -OCH3 is 1. The first-order chi connectivity index (χ1) is 15.8. The summed E-state index contributed by atoms with van der Waals surface area (Å²) in [6, 6.07) is 12.4. The minimum absolute atomic E-state index is 0.0343. The van der Waals surface area contributed by atoms with E-state index in [0.29, 0.717) is 22.2 Å². The number of nitrogens with zero attached hydrogens (tertiary/aromatic N) is 1. The van der Waals surface area contributed by atoms with Crippen molar-refractivity contribution in [3.8, 4) is 5.75 Å². The fourth-order valence-corrected chi connectivity index (χ4v) is 4.59. The minimum Gasteiger partial charge on any atom is -0.497 e. The zero-order valence-corrected chi connectivity index (χ0v) is 21.9. The highest BCUT2D eigenvalue weighted by Gasteiger charge is 2.29. The molecule has 0 bridgehead atoms. The molecule has 0 aliphatic carbocycles. The van der Waals surface area contributed by atoms with E-state index in [1.54, 1.807) is 30.2 Å². The van der Waals surface area contributed by atoms with Crippen molar-refractivity contribution in [3.63, 3.8) is 0 Å². The monoisotopic (exact) mass is 510 g/mol. The van der Waals surface area contributed by atoms with Crippen molar-refractivity contribution in [2.24, 2.45) is 0 Å². The van der Waals surface area contributed by atoms with E-state index in [9.17, 15) is 9.59 Å². The summed E-state index contributed by atoms with van der Waals surface area (Å²) in [4.78, 5) is 27.9. The molecule has 2 aromatic rings. The summed E-state index contributed by atoms with van der Waals surface area (Å²) in [5.74, 6) is 1.48. The second kappa shape index (κ2) is 13.7. The van der Waals surface area contributed by atoms with Crippen molar-refractivity contribution in [2.75, 3.05) is 12.9 Å². The van der Waals surface area contributed by atoms with Crippen LogP contribution in [0.1, 0.15) is 44.7 Å². The minimum atomic E-state index is -0.583. The van der Waals surface area contributed by atoms with Crippen molar-refractivity contribution >= 4 is 46.8 Å². The molecule has 33 heavy (non-hydrogen) atoms. The normalized spacial score (nSPS) is 12.7. The molecular formula is C25H32Cl2N2O3S. The molecule has 0 radical (unpaired) electrons. The zero-order chi connectivity index (χ0) is 24.4. The van der Waals surface area contributed by atoms with Gasteiger partial charge in [-0.2, -0.15) is 0 Å². The van der Waals surface area contributed by atoms with Crippen molar-refractivity contribution in [1.82, 2.24) is 10.2 Å². The van der Waals surface area contributed by atoms with Gasteiger partial charge in [0, 0.05) is 28.4 Å². The molecule has 0 saturated heterocycles. The maximum absolute atomic E-state index is 13.3. The molecule has 0 aromatic heterocycles. The molecule has 0 spiro atoms. The number of carbonyl (C=O) groups is 2. The van der Waals surface area contributed by atoms with Crippen LogP contribution in [0, 0.1) is 0 Å². The second-order valence-electron chi connectivity index (χ2n) is 7.84. The summed E-state index contributed by atoms with van der Waals surface area (Å²) in [6.07, 6.45) is 1.32. The fraction of sp³-hybridized carbons (Fsp3) is 0.440. The first kappa shape index (κ1) is 27.4. The summed E-state index contributed by atoms with van der Waals surface area (Å²) in [5, 5.41) is 4.01. The van der Waals surface area contributed by atoms with Gasteiger partial charge in [-0.15, -0.1) is 11.8 Å². The van der Waals surface area contributed by atoms with E-state index < -0.39 is 6.04 Å². The topological polar surface area (TPSA) is 58.6 Å². The van der Waals surface area contributed by atoms with Gasteiger partial charge in [0.05, 0.1) is 12.9 Å². The summed E-state index contributed by atoms with van der Waals surface area (Å²) >= 11 is 13.9. The molecule has 5 nitrogen and oxygen atoms in total. The number of carbonyl (C=O) groups excluding carboxylic acids is 2. The number of halogens is 2. The number of amides is 2. The van der Waals surface area contributed by atoms with Gasteiger partial charge in [0.1, 0.15) is 11.8 Å². The summed E-state index contributed by atoms with van der Waals surface area (Å²) in [6.45, 7) is 6.12. The van der Waals surface area contributed by atoms with E-state index in [4.69, 9.17) is 27.9 Å². The Kier molecular flexibility index (Phi) is 11.4. The molecule has 0 unspecified atom stereocenters. The van der Waals surface area contributed by atoms with Crippen LogP contribution in [-0.4, -0.2) is 41.7 Å². The number of benzene rings is 2. The molecule has 2 amide bonds. The highest BCUT2D eigenvalue weighted by Crippen LogP contribution is 2.25. The van der Waals surface area contributed by atoms with Crippen LogP contribution < -0.4 is 10.1 Å². The predicted molar refractivity (Wildman–Crippen MR) is 138 cm³/mol. The smallest absolute Gasteiger partial charge is 0.243 e. The highest BCUT2D eigenvalue weighted by atomic mass is 35.5. The molecule has 2 aromatic carbocycles. The summed E-state index contributed by atoms with van der Waals surface area (Å²) in [5.41, 5.74) is 1.85. The number of thioether (sulfide) groups is 1. The van der Waals surface area contributed by atoms with Crippen molar-refractivity contribution in [3.05, 3.63) is 63.6 Å². The van der Waals surface area contributed by atoms with Crippen molar-refractivity contribution in [2.45, 2.75) is 58.0 Å². The van der Waals surface area contributed by atoms with Gasteiger partial charge in [0.15, 0.2) is 0 Å². The van der Waals surface area contributed by atoms with E-state index in [0.717, 1.165) is 23.3 Å². The van der Waals surface area contributed by atoms with Gasteiger partial charge in [-0.05, 0) is 55.2 Å². The zero-order valence-electron chi connectivity index (χ0n) is 19.6. The van der Waals surface area contributed by atoms with Gasteiger partial charge in [-0.3, -0.25) is 9.59 Å². The third kappa shape index (κ3) is 8.43. The average molecular weight is 512 g/mol. The molecule has 0 heterocycles. The van der Waals surface area contributed by atoms with Crippen LogP contribution in [0.4, 0.5) is 0 Å². The van der Waals surface area contributed by atoms with Crippen LogP contribution in [0.5, 0.6) is 5.75 Å². The number of nitrogens with one attached hydrogen (secondary N) is 1. The largest absolute Gasteiger partial charge is 0.497 e. The Bertz CT molecular complexity index is 924. The number of hydrogen-bond acceptors (Lipinski definition) is 4. The number of hydrogen-bond donors (Lipinski definition) is 1. The van der Waals surface area contributed by atoms with Crippen LogP contribution in [0.15, 0.2) is 42.5 Å². The second-order valence-corrected chi connectivity index (χ2v) is 9.67. The maximum Gasteiger partial charge on any atom is 0.243 e. The molecule has 0 fully saturated rings.